The van der Waals surface area contributed by atoms with Crippen molar-refractivity contribution in [2.75, 3.05) is 46.9 Å². The van der Waals surface area contributed by atoms with Crippen molar-refractivity contribution in [3.63, 3.8) is 0 Å². The molecule has 0 radical (unpaired) electrons. The van der Waals surface area contributed by atoms with E-state index in [4.69, 9.17) is 14.6 Å². The van der Waals surface area contributed by atoms with Gasteiger partial charge in [0.05, 0.1) is 13.2 Å². The summed E-state index contributed by atoms with van der Waals surface area (Å²) in [5.74, 6) is -2.53. The summed E-state index contributed by atoms with van der Waals surface area (Å²) >= 11 is 0. The van der Waals surface area contributed by atoms with Crippen molar-refractivity contribution < 1.29 is 37.0 Å². The molecule has 2 amide bonds. The van der Waals surface area contributed by atoms with Crippen molar-refractivity contribution in [3.8, 4) is 0 Å². The van der Waals surface area contributed by atoms with Crippen LogP contribution >= 0.6 is 0 Å². The molecule has 2 saturated heterocycles. The zero-order valence-electron chi connectivity index (χ0n) is 16.7. The number of nitrogens with one attached hydrogen (secondary N) is 1. The third kappa shape index (κ3) is 6.30. The molecule has 0 saturated carbocycles. The van der Waals surface area contributed by atoms with Crippen molar-refractivity contribution in [2.24, 2.45) is 11.3 Å². The summed E-state index contributed by atoms with van der Waals surface area (Å²) in [6.45, 7) is 4.72. The Morgan fingerprint density at radius 2 is 1.90 bits per heavy atom. The van der Waals surface area contributed by atoms with Gasteiger partial charge in [-0.1, -0.05) is 12.1 Å². The Kier molecular flexibility index (Phi) is 7.64. The van der Waals surface area contributed by atoms with Crippen molar-refractivity contribution in [3.05, 3.63) is 35.6 Å². The molecule has 2 atom stereocenters. The summed E-state index contributed by atoms with van der Waals surface area (Å²) < 4.78 is 50.4. The minimum Gasteiger partial charge on any atom is -0.475 e. The van der Waals surface area contributed by atoms with E-state index in [9.17, 15) is 22.4 Å². The van der Waals surface area contributed by atoms with E-state index in [-0.39, 0.29) is 17.3 Å². The number of ether oxygens (including phenoxy) is 1. The average Bonchev–Trinajstić information content (AvgIpc) is 3.18. The number of carbonyl (C=O) groups excluding carboxylic acids is 1. The fraction of sp³-hybridized carbons (Fsp3) is 0.579. The first kappa shape index (κ1) is 23.9. The number of likely N-dealkylation sites (tertiary alicyclic amines) is 1. The van der Waals surface area contributed by atoms with Crippen LogP contribution in [0.1, 0.15) is 5.56 Å². The molecule has 11 heteroatoms. The van der Waals surface area contributed by atoms with Crippen LogP contribution in [-0.4, -0.2) is 80.0 Å². The Bertz CT molecular complexity index is 742. The number of hydrogen-bond donors (Lipinski definition) is 2. The number of alkyl halides is 3. The molecule has 30 heavy (non-hydrogen) atoms. The molecule has 2 aliphatic heterocycles. The molecular weight excluding hydrogens is 410 g/mol. The number of benzene rings is 1. The van der Waals surface area contributed by atoms with Crippen LogP contribution in [0.2, 0.25) is 0 Å². The number of amides is 2. The van der Waals surface area contributed by atoms with Crippen molar-refractivity contribution in [1.29, 1.82) is 0 Å². The molecule has 2 N–H and O–H groups in total. The Morgan fingerprint density at radius 1 is 1.30 bits per heavy atom. The highest BCUT2D eigenvalue weighted by Crippen LogP contribution is 2.41. The summed E-state index contributed by atoms with van der Waals surface area (Å²) in [6, 6.07) is 6.60. The molecule has 2 fully saturated rings. The van der Waals surface area contributed by atoms with Gasteiger partial charge in [0.25, 0.3) is 0 Å². The lowest BCUT2D eigenvalue weighted by atomic mass is 9.81. The third-order valence-corrected chi connectivity index (χ3v) is 5.15. The number of urea groups is 1. The zero-order chi connectivity index (χ0) is 22.5. The quantitative estimate of drug-likeness (QED) is 0.709. The second-order valence-corrected chi connectivity index (χ2v) is 7.73. The van der Waals surface area contributed by atoms with E-state index >= 15 is 0 Å². The van der Waals surface area contributed by atoms with E-state index < -0.39 is 12.1 Å². The average molecular weight is 435 g/mol. The predicted octanol–water partition coefficient (Wildman–Crippen LogP) is 2.18. The Balaban J connectivity index is 0.000000396. The predicted molar refractivity (Wildman–Crippen MR) is 99.2 cm³/mol. The van der Waals surface area contributed by atoms with Gasteiger partial charge in [-0.15, -0.1) is 0 Å². The highest BCUT2D eigenvalue weighted by Gasteiger charge is 2.50. The van der Waals surface area contributed by atoms with Crippen LogP contribution in [0, 0.1) is 17.2 Å². The number of carbonyl (C=O) groups is 2. The third-order valence-electron chi connectivity index (χ3n) is 5.15. The maximum absolute atomic E-state index is 13.0. The molecule has 3 rings (SSSR count). The van der Waals surface area contributed by atoms with E-state index in [1.807, 2.05) is 12.1 Å². The van der Waals surface area contributed by atoms with Gasteiger partial charge in [0.1, 0.15) is 5.82 Å². The lowest BCUT2D eigenvalue weighted by molar-refractivity contribution is -0.192. The second kappa shape index (κ2) is 9.61. The van der Waals surface area contributed by atoms with Crippen molar-refractivity contribution in [1.82, 2.24) is 15.1 Å². The maximum Gasteiger partial charge on any atom is 0.490 e. The number of carboxylic acids is 1. The minimum absolute atomic E-state index is 0.00823. The molecule has 0 unspecified atom stereocenters. The Labute approximate surface area is 171 Å². The minimum atomic E-state index is -5.08. The molecule has 0 aromatic heterocycles. The van der Waals surface area contributed by atoms with Crippen LogP contribution in [-0.2, 0) is 16.1 Å². The zero-order valence-corrected chi connectivity index (χ0v) is 16.7. The largest absolute Gasteiger partial charge is 0.490 e. The molecule has 1 aromatic carbocycles. The number of halogens is 4. The summed E-state index contributed by atoms with van der Waals surface area (Å²) in [7, 11) is 3.48. The molecule has 168 valence electrons. The summed E-state index contributed by atoms with van der Waals surface area (Å²) in [5, 5.41) is 10.1. The van der Waals surface area contributed by atoms with Gasteiger partial charge in [0, 0.05) is 51.6 Å². The van der Waals surface area contributed by atoms with Crippen LogP contribution in [0.5, 0.6) is 0 Å². The summed E-state index contributed by atoms with van der Waals surface area (Å²) in [4.78, 5) is 24.6. The Morgan fingerprint density at radius 3 is 2.43 bits per heavy atom. The number of nitrogens with zero attached hydrogens (tertiary/aromatic N) is 2. The van der Waals surface area contributed by atoms with Gasteiger partial charge in [-0.3, -0.25) is 4.90 Å². The first-order valence-electron chi connectivity index (χ1n) is 9.23. The highest BCUT2D eigenvalue weighted by molar-refractivity contribution is 5.73. The summed E-state index contributed by atoms with van der Waals surface area (Å²) in [5.41, 5.74) is 1.10. The number of hydrogen-bond acceptors (Lipinski definition) is 4. The Hall–Kier alpha value is -2.40. The second-order valence-electron chi connectivity index (χ2n) is 7.73. The number of carboxylic acid groups (broad SMARTS) is 1. The van der Waals surface area contributed by atoms with E-state index in [2.05, 4.69) is 10.2 Å². The number of fused-ring (bicyclic) bond motifs is 1. The van der Waals surface area contributed by atoms with E-state index in [1.54, 1.807) is 19.0 Å². The lowest BCUT2D eigenvalue weighted by Crippen LogP contribution is -2.45. The van der Waals surface area contributed by atoms with Gasteiger partial charge in [-0.05, 0) is 17.7 Å². The topological polar surface area (TPSA) is 82.1 Å². The van der Waals surface area contributed by atoms with Gasteiger partial charge in [0.15, 0.2) is 0 Å². The van der Waals surface area contributed by atoms with Crippen LogP contribution in [0.25, 0.3) is 0 Å². The fourth-order valence-electron chi connectivity index (χ4n) is 3.57. The van der Waals surface area contributed by atoms with Gasteiger partial charge in [0.2, 0.25) is 0 Å². The van der Waals surface area contributed by atoms with E-state index in [0.29, 0.717) is 19.1 Å². The molecule has 1 aromatic rings. The molecule has 0 spiro atoms. The molecule has 7 nitrogen and oxygen atoms in total. The first-order valence-corrected chi connectivity index (χ1v) is 9.23. The molecule has 0 aliphatic carbocycles. The standard InChI is InChI=1S/C17H24FN3O2.C2HF3O2/c1-20(2)16(22)19-10-17-11-21(8-14(17)9-23-12-17)7-13-3-5-15(18)6-4-13;3-2(4,5)1(6)7/h3-6,14H,7-12H2,1-2H3,(H,19,22);(H,6,7)/t14-,17+;/m1./s1. The van der Waals surface area contributed by atoms with E-state index in [1.165, 1.54) is 12.1 Å². The van der Waals surface area contributed by atoms with Gasteiger partial charge in [-0.2, -0.15) is 13.2 Å². The monoisotopic (exact) mass is 435 g/mol. The first-order chi connectivity index (χ1) is 13.9. The van der Waals surface area contributed by atoms with Crippen LogP contribution in [0.15, 0.2) is 24.3 Å². The van der Waals surface area contributed by atoms with Gasteiger partial charge >= 0.3 is 18.2 Å². The van der Waals surface area contributed by atoms with Crippen molar-refractivity contribution in [2.45, 2.75) is 12.7 Å². The normalized spacial score (nSPS) is 23.3. The lowest BCUT2D eigenvalue weighted by Gasteiger charge is -2.28. The van der Waals surface area contributed by atoms with Gasteiger partial charge in [-0.25, -0.2) is 14.0 Å². The van der Waals surface area contributed by atoms with Crippen LogP contribution in [0.3, 0.4) is 0 Å². The molecule has 0 bridgehead atoms. The molecular formula is C19H25F4N3O4. The molecule has 2 aliphatic rings. The highest BCUT2D eigenvalue weighted by atomic mass is 19.4. The number of aliphatic carboxylic acids is 1. The van der Waals surface area contributed by atoms with E-state index in [0.717, 1.165) is 31.8 Å². The fourth-order valence-corrected chi connectivity index (χ4v) is 3.57. The smallest absolute Gasteiger partial charge is 0.475 e. The van der Waals surface area contributed by atoms with Crippen LogP contribution < -0.4 is 5.32 Å². The number of rotatable bonds is 4. The van der Waals surface area contributed by atoms with Gasteiger partial charge < -0.3 is 20.1 Å². The SMILES string of the molecule is CN(C)C(=O)NC[C@]12COC[C@H]1CN(Cc1ccc(F)cc1)C2.O=C(O)C(F)(F)F. The summed E-state index contributed by atoms with van der Waals surface area (Å²) in [6.07, 6.45) is -5.08. The van der Waals surface area contributed by atoms with Crippen molar-refractivity contribution >= 4 is 12.0 Å². The molecule has 2 heterocycles. The maximum atomic E-state index is 13.0. The van der Waals surface area contributed by atoms with Crippen LogP contribution in [0.4, 0.5) is 22.4 Å².